The highest BCUT2D eigenvalue weighted by Crippen LogP contribution is 2.40. The molecule has 4 heterocycles. The first-order valence-electron chi connectivity index (χ1n) is 8.96. The summed E-state index contributed by atoms with van der Waals surface area (Å²) in [5.74, 6) is 1.70. The Hall–Kier alpha value is -2.05. The molecule has 2 aliphatic rings. The van der Waals surface area contributed by atoms with E-state index < -0.39 is 0 Å². The maximum atomic E-state index is 5.76. The summed E-state index contributed by atoms with van der Waals surface area (Å²) in [6.45, 7) is 1.68. The summed E-state index contributed by atoms with van der Waals surface area (Å²) in [5, 5.41) is 4.79. The fourth-order valence-electron chi connectivity index (χ4n) is 3.76. The van der Waals surface area contributed by atoms with E-state index in [1.54, 1.807) is 6.20 Å². The van der Waals surface area contributed by atoms with E-state index in [9.17, 15) is 0 Å². The molecule has 1 aliphatic carbocycles. The number of fused-ring (bicyclic) bond motifs is 3. The minimum atomic E-state index is 0.290. The predicted molar refractivity (Wildman–Crippen MR) is 100 cm³/mol. The number of ether oxygens (including phenoxy) is 1. The van der Waals surface area contributed by atoms with Gasteiger partial charge in [-0.2, -0.15) is 0 Å². The maximum Gasteiger partial charge on any atom is 0.164 e. The van der Waals surface area contributed by atoms with Gasteiger partial charge >= 0.3 is 0 Å². The van der Waals surface area contributed by atoms with Crippen molar-refractivity contribution < 1.29 is 4.74 Å². The minimum Gasteiger partial charge on any atom is -0.376 e. The molecule has 0 aromatic carbocycles. The Kier molecular flexibility index (Phi) is 3.87. The van der Waals surface area contributed by atoms with Crippen molar-refractivity contribution in [3.05, 3.63) is 35.0 Å². The zero-order chi connectivity index (χ0) is 16.6. The first-order chi connectivity index (χ1) is 12.4. The smallest absolute Gasteiger partial charge is 0.164 e. The second kappa shape index (κ2) is 6.35. The van der Waals surface area contributed by atoms with Gasteiger partial charge in [0, 0.05) is 36.0 Å². The average Bonchev–Trinajstić information content (AvgIpc) is 3.37. The van der Waals surface area contributed by atoms with Crippen LogP contribution in [0.15, 0.2) is 24.5 Å². The van der Waals surface area contributed by atoms with Crippen molar-refractivity contribution >= 4 is 27.4 Å². The first-order valence-corrected chi connectivity index (χ1v) is 9.78. The molecule has 25 heavy (non-hydrogen) atoms. The number of thiophene rings is 1. The Balaban J connectivity index is 1.58. The van der Waals surface area contributed by atoms with Gasteiger partial charge in [0.1, 0.15) is 10.6 Å². The zero-order valence-corrected chi connectivity index (χ0v) is 14.8. The lowest BCUT2D eigenvalue weighted by atomic mass is 10.1. The van der Waals surface area contributed by atoms with E-state index in [-0.39, 0.29) is 0 Å². The van der Waals surface area contributed by atoms with Crippen LogP contribution in [0.4, 0.5) is 5.82 Å². The van der Waals surface area contributed by atoms with E-state index in [0.29, 0.717) is 6.10 Å². The van der Waals surface area contributed by atoms with Gasteiger partial charge in [0.25, 0.3) is 0 Å². The van der Waals surface area contributed by atoms with Crippen LogP contribution in [0, 0.1) is 0 Å². The summed E-state index contributed by atoms with van der Waals surface area (Å²) in [4.78, 5) is 16.5. The fraction of sp³-hybridized carbons (Fsp3) is 0.421. The molecular weight excluding hydrogens is 332 g/mol. The number of anilines is 1. The lowest BCUT2D eigenvalue weighted by Crippen LogP contribution is -2.19. The molecule has 0 spiro atoms. The molecule has 0 amide bonds. The number of aromatic nitrogens is 3. The Morgan fingerprint density at radius 3 is 3.08 bits per heavy atom. The van der Waals surface area contributed by atoms with Crippen LogP contribution >= 0.6 is 11.3 Å². The number of nitrogens with one attached hydrogen (secondary N) is 1. The second-order valence-corrected chi connectivity index (χ2v) is 7.77. The third-order valence-electron chi connectivity index (χ3n) is 5.01. The molecule has 0 unspecified atom stereocenters. The number of rotatable bonds is 4. The molecular formula is C19H20N4OS. The van der Waals surface area contributed by atoms with E-state index >= 15 is 0 Å². The van der Waals surface area contributed by atoms with Crippen LogP contribution in [0.3, 0.4) is 0 Å². The topological polar surface area (TPSA) is 59.9 Å². The van der Waals surface area contributed by atoms with Gasteiger partial charge in [-0.3, -0.25) is 4.98 Å². The van der Waals surface area contributed by atoms with Crippen LogP contribution in [0.5, 0.6) is 0 Å². The lowest BCUT2D eigenvalue weighted by molar-refractivity contribution is 0.120. The second-order valence-electron chi connectivity index (χ2n) is 6.69. The lowest BCUT2D eigenvalue weighted by Gasteiger charge is -2.13. The van der Waals surface area contributed by atoms with Gasteiger partial charge < -0.3 is 10.1 Å². The van der Waals surface area contributed by atoms with Gasteiger partial charge in [0.05, 0.1) is 11.5 Å². The molecule has 1 N–H and O–H groups in total. The summed E-state index contributed by atoms with van der Waals surface area (Å²) >= 11 is 1.82. The third-order valence-corrected chi connectivity index (χ3v) is 6.19. The van der Waals surface area contributed by atoms with E-state index in [1.165, 1.54) is 28.7 Å². The van der Waals surface area contributed by atoms with Crippen molar-refractivity contribution in [1.82, 2.24) is 15.0 Å². The molecule has 5 nitrogen and oxygen atoms in total. The minimum absolute atomic E-state index is 0.290. The van der Waals surface area contributed by atoms with Gasteiger partial charge in [-0.05, 0) is 49.8 Å². The zero-order valence-electron chi connectivity index (χ0n) is 14.0. The fourth-order valence-corrected chi connectivity index (χ4v) is 5.02. The molecule has 128 valence electrons. The number of nitrogens with zero attached hydrogens (tertiary/aromatic N) is 3. The average molecular weight is 352 g/mol. The Morgan fingerprint density at radius 2 is 2.24 bits per heavy atom. The van der Waals surface area contributed by atoms with Crippen LogP contribution in [-0.4, -0.2) is 34.2 Å². The van der Waals surface area contributed by atoms with Crippen molar-refractivity contribution in [1.29, 1.82) is 0 Å². The predicted octanol–water partition coefficient (Wildman–Crippen LogP) is 3.83. The standard InChI is InChI=1S/C19H20N4OS/c1-6-14-15(7-1)25-19-16(14)18(21-11-13-5-3-9-24-13)22-17(23-19)12-4-2-8-20-10-12/h2,4,8,10,13H,1,3,5-7,9,11H2,(H,21,22,23)/t13-/m1/s1. The van der Waals surface area contributed by atoms with Crippen LogP contribution < -0.4 is 5.32 Å². The monoisotopic (exact) mass is 352 g/mol. The summed E-state index contributed by atoms with van der Waals surface area (Å²) in [7, 11) is 0. The molecule has 3 aromatic heterocycles. The first kappa shape index (κ1) is 15.2. The molecule has 3 aromatic rings. The maximum absolute atomic E-state index is 5.76. The number of hydrogen-bond donors (Lipinski definition) is 1. The van der Waals surface area contributed by atoms with E-state index in [2.05, 4.69) is 10.3 Å². The van der Waals surface area contributed by atoms with Gasteiger partial charge in [-0.25, -0.2) is 9.97 Å². The molecule has 1 saturated heterocycles. The van der Waals surface area contributed by atoms with E-state index in [0.717, 1.165) is 54.5 Å². The molecule has 6 heteroatoms. The van der Waals surface area contributed by atoms with Crippen LogP contribution in [0.2, 0.25) is 0 Å². The van der Waals surface area contributed by atoms with Crippen molar-refractivity contribution in [2.45, 2.75) is 38.2 Å². The molecule has 1 atom stereocenters. The third kappa shape index (κ3) is 2.79. The molecule has 5 rings (SSSR count). The van der Waals surface area contributed by atoms with Gasteiger partial charge in [-0.15, -0.1) is 11.3 Å². The molecule has 1 fully saturated rings. The van der Waals surface area contributed by atoms with Gasteiger partial charge in [0.2, 0.25) is 0 Å². The quantitative estimate of drug-likeness (QED) is 0.773. The molecule has 0 bridgehead atoms. The summed E-state index contributed by atoms with van der Waals surface area (Å²) < 4.78 is 5.76. The molecule has 0 radical (unpaired) electrons. The van der Waals surface area contributed by atoms with Crippen LogP contribution in [0.1, 0.15) is 29.7 Å². The van der Waals surface area contributed by atoms with Crippen LogP contribution in [0.25, 0.3) is 21.6 Å². The molecule has 0 saturated carbocycles. The van der Waals surface area contributed by atoms with Crippen molar-refractivity contribution in [2.75, 3.05) is 18.5 Å². The van der Waals surface area contributed by atoms with Crippen LogP contribution in [-0.2, 0) is 17.6 Å². The normalized spacial score (nSPS) is 19.4. The summed E-state index contributed by atoms with van der Waals surface area (Å²) in [6, 6.07) is 3.94. The van der Waals surface area contributed by atoms with Gasteiger partial charge in [0.15, 0.2) is 5.82 Å². The van der Waals surface area contributed by atoms with E-state index in [1.807, 2.05) is 29.7 Å². The summed E-state index contributed by atoms with van der Waals surface area (Å²) in [5.41, 5.74) is 2.41. The Bertz CT molecular complexity index is 903. The Labute approximate surface area is 150 Å². The van der Waals surface area contributed by atoms with E-state index in [4.69, 9.17) is 14.7 Å². The largest absolute Gasteiger partial charge is 0.376 e. The highest BCUT2D eigenvalue weighted by atomic mass is 32.1. The SMILES string of the molecule is c1cncc(-c2nc(NC[C@H]3CCCO3)c3c4c(sc3n2)CCC4)c1. The Morgan fingerprint density at radius 1 is 1.24 bits per heavy atom. The van der Waals surface area contributed by atoms with Crippen molar-refractivity contribution in [3.8, 4) is 11.4 Å². The van der Waals surface area contributed by atoms with Crippen molar-refractivity contribution in [3.63, 3.8) is 0 Å². The highest BCUT2D eigenvalue weighted by molar-refractivity contribution is 7.19. The number of hydrogen-bond acceptors (Lipinski definition) is 6. The van der Waals surface area contributed by atoms with Crippen molar-refractivity contribution in [2.24, 2.45) is 0 Å². The summed E-state index contributed by atoms with van der Waals surface area (Å²) in [6.07, 6.45) is 9.72. The van der Waals surface area contributed by atoms with Gasteiger partial charge in [-0.1, -0.05) is 0 Å². The number of aryl methyl sites for hydroxylation is 2. The number of pyridine rings is 1. The highest BCUT2D eigenvalue weighted by Gasteiger charge is 2.23. The molecule has 1 aliphatic heterocycles.